The van der Waals surface area contributed by atoms with Crippen molar-refractivity contribution >= 4 is 18.3 Å². The molecule has 0 saturated carbocycles. The highest BCUT2D eigenvalue weighted by atomic mass is 35.5. The van der Waals surface area contributed by atoms with Gasteiger partial charge in [-0.2, -0.15) is 0 Å². The molecule has 1 atom stereocenters. The summed E-state index contributed by atoms with van der Waals surface area (Å²) >= 11 is 0. The van der Waals surface area contributed by atoms with Gasteiger partial charge in [-0.05, 0) is 30.2 Å². The number of fused-ring (bicyclic) bond motifs is 1. The van der Waals surface area contributed by atoms with Crippen LogP contribution in [0.3, 0.4) is 0 Å². The van der Waals surface area contributed by atoms with Crippen molar-refractivity contribution in [2.75, 3.05) is 13.1 Å². The van der Waals surface area contributed by atoms with Gasteiger partial charge in [0.05, 0.1) is 0 Å². The molecular formula is C12H16ClN2O. The summed E-state index contributed by atoms with van der Waals surface area (Å²) in [6.45, 7) is 3.78. The third-order valence-electron chi connectivity index (χ3n) is 2.96. The fourth-order valence-electron chi connectivity index (χ4n) is 2.21. The Labute approximate surface area is 102 Å². The normalized spacial score (nSPS) is 19.7. The van der Waals surface area contributed by atoms with Gasteiger partial charge in [0.15, 0.2) is 0 Å². The van der Waals surface area contributed by atoms with Crippen LogP contribution in [-0.2, 0) is 11.2 Å². The Kier molecular flexibility index (Phi) is 4.33. The summed E-state index contributed by atoms with van der Waals surface area (Å²) in [6.07, 6.45) is 0.952. The maximum absolute atomic E-state index is 11.5. The Morgan fingerprint density at radius 1 is 1.69 bits per heavy atom. The zero-order chi connectivity index (χ0) is 10.8. The first kappa shape index (κ1) is 13.0. The predicted molar refractivity (Wildman–Crippen MR) is 65.4 cm³/mol. The molecule has 1 heterocycles. The number of primary amides is 1. The fourth-order valence-corrected chi connectivity index (χ4v) is 2.21. The van der Waals surface area contributed by atoms with Gasteiger partial charge in [0, 0.05) is 6.54 Å². The number of benzene rings is 1. The summed E-state index contributed by atoms with van der Waals surface area (Å²) in [7, 11) is 0. The predicted octanol–water partition coefficient (Wildman–Crippen LogP) is 1.31. The van der Waals surface area contributed by atoms with Crippen LogP contribution in [0.2, 0.25) is 0 Å². The molecule has 1 aliphatic heterocycles. The summed E-state index contributed by atoms with van der Waals surface area (Å²) in [5, 5.41) is 0. The molecule has 16 heavy (non-hydrogen) atoms. The molecule has 1 aliphatic rings. The van der Waals surface area contributed by atoms with Crippen LogP contribution in [0.15, 0.2) is 18.2 Å². The number of carbonyl (C=O) groups is 1. The van der Waals surface area contributed by atoms with E-state index < -0.39 is 0 Å². The largest absolute Gasteiger partial charge is 0.368 e. The average molecular weight is 240 g/mol. The van der Waals surface area contributed by atoms with E-state index in [1.54, 1.807) is 0 Å². The Hall–Kier alpha value is -1.06. The lowest BCUT2D eigenvalue weighted by Gasteiger charge is -2.34. The Morgan fingerprint density at radius 2 is 2.44 bits per heavy atom. The van der Waals surface area contributed by atoms with E-state index in [1.807, 2.05) is 25.1 Å². The molecule has 0 fully saturated rings. The standard InChI is InChI=1S/C12H15N2O.ClH/c1-2-14-8-7-9-5-3-4-6-10(9)11(14)12(13)15;/h3-4,6,11H,2,7-8H2,1H3,(H2,13,15);1H. The molecule has 4 heteroatoms. The number of likely N-dealkylation sites (N-methyl/N-ethyl adjacent to an activating group) is 1. The topological polar surface area (TPSA) is 46.3 Å². The smallest absolute Gasteiger partial charge is 0.239 e. The summed E-state index contributed by atoms with van der Waals surface area (Å²) < 4.78 is 0. The first-order valence-corrected chi connectivity index (χ1v) is 5.27. The third kappa shape index (κ3) is 2.20. The second-order valence-corrected chi connectivity index (χ2v) is 3.79. The van der Waals surface area contributed by atoms with Crippen LogP contribution < -0.4 is 5.73 Å². The minimum absolute atomic E-state index is 0. The molecule has 1 aromatic rings. The second-order valence-electron chi connectivity index (χ2n) is 3.79. The summed E-state index contributed by atoms with van der Waals surface area (Å²) in [5.41, 5.74) is 7.61. The van der Waals surface area contributed by atoms with Crippen molar-refractivity contribution in [1.29, 1.82) is 0 Å². The van der Waals surface area contributed by atoms with Gasteiger partial charge in [0.1, 0.15) is 6.04 Å². The zero-order valence-corrected chi connectivity index (χ0v) is 10.1. The molecule has 3 nitrogen and oxygen atoms in total. The van der Waals surface area contributed by atoms with Gasteiger partial charge in [-0.15, -0.1) is 12.4 Å². The maximum Gasteiger partial charge on any atom is 0.239 e. The first-order valence-electron chi connectivity index (χ1n) is 5.27. The van der Waals surface area contributed by atoms with Gasteiger partial charge in [-0.1, -0.05) is 25.1 Å². The second kappa shape index (κ2) is 5.32. The van der Waals surface area contributed by atoms with Gasteiger partial charge >= 0.3 is 0 Å². The number of nitrogens with two attached hydrogens (primary N) is 1. The number of hydrogen-bond acceptors (Lipinski definition) is 2. The van der Waals surface area contributed by atoms with E-state index in [0.29, 0.717) is 0 Å². The molecular weight excluding hydrogens is 224 g/mol. The molecule has 0 aliphatic carbocycles. The molecule has 2 rings (SSSR count). The quantitative estimate of drug-likeness (QED) is 0.846. The van der Waals surface area contributed by atoms with Crippen LogP contribution in [0.25, 0.3) is 0 Å². The van der Waals surface area contributed by atoms with Crippen molar-refractivity contribution < 1.29 is 4.79 Å². The van der Waals surface area contributed by atoms with E-state index >= 15 is 0 Å². The van der Waals surface area contributed by atoms with Crippen LogP contribution in [0.4, 0.5) is 0 Å². The lowest BCUT2D eigenvalue weighted by atomic mass is 9.92. The van der Waals surface area contributed by atoms with Crippen LogP contribution >= 0.6 is 12.4 Å². The number of amides is 1. The first-order chi connectivity index (χ1) is 7.24. The molecule has 0 aromatic heterocycles. The van der Waals surface area contributed by atoms with Crippen molar-refractivity contribution in [2.45, 2.75) is 19.4 Å². The van der Waals surface area contributed by atoms with Crippen molar-refractivity contribution in [3.63, 3.8) is 0 Å². The molecule has 87 valence electrons. The highest BCUT2D eigenvalue weighted by Crippen LogP contribution is 2.28. The molecule has 2 N–H and O–H groups in total. The number of nitrogens with zero attached hydrogens (tertiary/aromatic N) is 1. The monoisotopic (exact) mass is 239 g/mol. The highest BCUT2D eigenvalue weighted by molar-refractivity contribution is 5.85. The Bertz CT molecular complexity index is 381. The van der Waals surface area contributed by atoms with Gasteiger partial charge in [0.2, 0.25) is 5.91 Å². The lowest BCUT2D eigenvalue weighted by Crippen LogP contribution is -2.42. The number of halogens is 1. The van der Waals surface area contributed by atoms with E-state index in [0.717, 1.165) is 30.6 Å². The molecule has 0 spiro atoms. The molecule has 0 saturated heterocycles. The van der Waals surface area contributed by atoms with E-state index in [1.165, 1.54) is 0 Å². The molecule has 1 amide bonds. The SMILES string of the molecule is CCN1CCc2[c]cccc2C1C(N)=O.Cl. The van der Waals surface area contributed by atoms with Crippen molar-refractivity contribution in [3.05, 3.63) is 35.4 Å². The van der Waals surface area contributed by atoms with E-state index in [9.17, 15) is 4.79 Å². The highest BCUT2D eigenvalue weighted by Gasteiger charge is 2.29. The Balaban J connectivity index is 0.00000128. The third-order valence-corrected chi connectivity index (χ3v) is 2.96. The van der Waals surface area contributed by atoms with Crippen LogP contribution in [-0.4, -0.2) is 23.9 Å². The minimum Gasteiger partial charge on any atom is -0.368 e. The number of hydrogen-bond donors (Lipinski definition) is 1. The van der Waals surface area contributed by atoms with Crippen molar-refractivity contribution in [1.82, 2.24) is 4.90 Å². The summed E-state index contributed by atoms with van der Waals surface area (Å²) in [5.74, 6) is -0.266. The van der Waals surface area contributed by atoms with Gasteiger partial charge < -0.3 is 5.73 Å². The lowest BCUT2D eigenvalue weighted by molar-refractivity contribution is -0.123. The van der Waals surface area contributed by atoms with Gasteiger partial charge in [-0.3, -0.25) is 9.69 Å². The summed E-state index contributed by atoms with van der Waals surface area (Å²) in [4.78, 5) is 13.6. The summed E-state index contributed by atoms with van der Waals surface area (Å²) in [6, 6.07) is 8.69. The molecule has 1 radical (unpaired) electrons. The minimum atomic E-state index is -0.267. The van der Waals surface area contributed by atoms with Gasteiger partial charge in [-0.25, -0.2) is 0 Å². The zero-order valence-electron chi connectivity index (χ0n) is 9.27. The molecule has 1 unspecified atom stereocenters. The van der Waals surface area contributed by atoms with Crippen molar-refractivity contribution in [2.24, 2.45) is 5.73 Å². The van der Waals surface area contributed by atoms with Crippen LogP contribution in [0.1, 0.15) is 24.1 Å². The van der Waals surface area contributed by atoms with Crippen molar-refractivity contribution in [3.8, 4) is 0 Å². The fraction of sp³-hybridized carbons (Fsp3) is 0.417. The number of rotatable bonds is 2. The van der Waals surface area contributed by atoms with Crippen LogP contribution in [0, 0.1) is 6.07 Å². The average Bonchev–Trinajstić information content (AvgIpc) is 2.27. The molecule has 1 aromatic carbocycles. The van der Waals surface area contributed by atoms with E-state index in [2.05, 4.69) is 11.0 Å². The van der Waals surface area contributed by atoms with Crippen LogP contribution in [0.5, 0.6) is 0 Å². The van der Waals surface area contributed by atoms with E-state index in [-0.39, 0.29) is 24.4 Å². The maximum atomic E-state index is 11.5. The van der Waals surface area contributed by atoms with E-state index in [4.69, 9.17) is 5.73 Å². The molecule has 0 bridgehead atoms. The Morgan fingerprint density at radius 3 is 3.06 bits per heavy atom. The number of carbonyl (C=O) groups excluding carboxylic acids is 1. The van der Waals surface area contributed by atoms with Gasteiger partial charge in [0.25, 0.3) is 0 Å².